The van der Waals surface area contributed by atoms with Crippen molar-refractivity contribution < 1.29 is 4.74 Å². The number of halogens is 1. The molecule has 0 bridgehead atoms. The van der Waals surface area contributed by atoms with E-state index in [1.54, 1.807) is 19.5 Å². The van der Waals surface area contributed by atoms with Gasteiger partial charge in [0.05, 0.1) is 18.2 Å². The molecule has 1 N–H and O–H groups in total. The number of hydrogen-bond acceptors (Lipinski definition) is 3. The van der Waals surface area contributed by atoms with Gasteiger partial charge in [-0.25, -0.2) is 0 Å². The topological polar surface area (TPSA) is 34.1 Å². The Hall–Kier alpha value is -1.58. The van der Waals surface area contributed by atoms with Crippen molar-refractivity contribution in [1.82, 2.24) is 10.3 Å². The zero-order valence-electron chi connectivity index (χ0n) is 11.8. The van der Waals surface area contributed by atoms with E-state index in [2.05, 4.69) is 29.4 Å². The second kappa shape index (κ2) is 7.27. The Bertz CT molecular complexity index is 542. The van der Waals surface area contributed by atoms with Crippen LogP contribution in [0, 0.1) is 0 Å². The molecule has 106 valence electrons. The van der Waals surface area contributed by atoms with Gasteiger partial charge in [0.2, 0.25) is 0 Å². The molecule has 1 aromatic heterocycles. The summed E-state index contributed by atoms with van der Waals surface area (Å²) in [5, 5.41) is 4.20. The molecule has 1 aromatic carbocycles. The summed E-state index contributed by atoms with van der Waals surface area (Å²) < 4.78 is 5.20. The molecule has 0 amide bonds. The van der Waals surface area contributed by atoms with Crippen LogP contribution in [0.4, 0.5) is 0 Å². The first-order valence-electron chi connectivity index (χ1n) is 6.73. The van der Waals surface area contributed by atoms with Gasteiger partial charge in [-0.05, 0) is 42.3 Å². The number of nitrogens with one attached hydrogen (secondary N) is 1. The Morgan fingerprint density at radius 3 is 2.60 bits per heavy atom. The Balaban J connectivity index is 2.33. The second-order valence-electron chi connectivity index (χ2n) is 4.56. The molecule has 1 heterocycles. The van der Waals surface area contributed by atoms with Gasteiger partial charge in [0.1, 0.15) is 5.75 Å². The molecule has 0 fully saturated rings. The highest BCUT2D eigenvalue weighted by molar-refractivity contribution is 6.31. The van der Waals surface area contributed by atoms with Crippen LogP contribution in [-0.4, -0.2) is 18.6 Å². The molecule has 0 aliphatic carbocycles. The predicted octanol–water partition coefficient (Wildman–Crippen LogP) is 3.83. The van der Waals surface area contributed by atoms with Crippen LogP contribution in [0.2, 0.25) is 5.02 Å². The van der Waals surface area contributed by atoms with Gasteiger partial charge in [-0.15, -0.1) is 0 Å². The lowest BCUT2D eigenvalue weighted by atomic mass is 9.99. The first-order valence-corrected chi connectivity index (χ1v) is 7.10. The summed E-state index contributed by atoms with van der Waals surface area (Å²) in [6.45, 7) is 3.07. The summed E-state index contributed by atoms with van der Waals surface area (Å²) in [6.07, 6.45) is 4.52. The van der Waals surface area contributed by atoms with Gasteiger partial charge in [-0.3, -0.25) is 4.98 Å². The van der Waals surface area contributed by atoms with Crippen LogP contribution < -0.4 is 10.1 Å². The zero-order chi connectivity index (χ0) is 14.4. The molecule has 0 radical (unpaired) electrons. The molecule has 2 rings (SSSR count). The van der Waals surface area contributed by atoms with Gasteiger partial charge in [-0.2, -0.15) is 0 Å². The average Bonchev–Trinajstić information content (AvgIpc) is 2.50. The number of pyridine rings is 1. The van der Waals surface area contributed by atoms with Gasteiger partial charge < -0.3 is 10.1 Å². The minimum atomic E-state index is 0.0661. The molecule has 1 atom stereocenters. The van der Waals surface area contributed by atoms with Crippen molar-refractivity contribution >= 4 is 11.6 Å². The van der Waals surface area contributed by atoms with E-state index in [9.17, 15) is 0 Å². The van der Waals surface area contributed by atoms with Gasteiger partial charge in [0, 0.05) is 12.4 Å². The SMILES string of the molecule is CCCNC(c1ccc(OC)cc1)c1ccncc1Cl. The number of benzene rings is 1. The van der Waals surface area contributed by atoms with Crippen molar-refractivity contribution in [1.29, 1.82) is 0 Å². The van der Waals surface area contributed by atoms with Crippen molar-refractivity contribution in [2.45, 2.75) is 19.4 Å². The van der Waals surface area contributed by atoms with Crippen LogP contribution in [0.1, 0.15) is 30.5 Å². The molecule has 0 saturated carbocycles. The highest BCUT2D eigenvalue weighted by Crippen LogP contribution is 2.28. The standard InChI is InChI=1S/C16H19ClN2O/c1-3-9-19-16(14-8-10-18-11-15(14)17)12-4-6-13(20-2)7-5-12/h4-8,10-11,16,19H,3,9H2,1-2H3. The summed E-state index contributed by atoms with van der Waals surface area (Å²) in [4.78, 5) is 4.05. The minimum absolute atomic E-state index is 0.0661. The van der Waals surface area contributed by atoms with E-state index in [0.717, 1.165) is 29.8 Å². The Morgan fingerprint density at radius 2 is 2.00 bits per heavy atom. The molecule has 0 spiro atoms. The van der Waals surface area contributed by atoms with E-state index < -0.39 is 0 Å². The van der Waals surface area contributed by atoms with Crippen LogP contribution in [0.5, 0.6) is 5.75 Å². The lowest BCUT2D eigenvalue weighted by Crippen LogP contribution is -2.23. The molecule has 20 heavy (non-hydrogen) atoms. The maximum absolute atomic E-state index is 6.28. The molecular weight excluding hydrogens is 272 g/mol. The number of ether oxygens (including phenoxy) is 1. The summed E-state index contributed by atoms with van der Waals surface area (Å²) in [5.41, 5.74) is 2.20. The smallest absolute Gasteiger partial charge is 0.118 e. The fourth-order valence-corrected chi connectivity index (χ4v) is 2.34. The Kier molecular flexibility index (Phi) is 5.39. The van der Waals surface area contributed by atoms with E-state index in [4.69, 9.17) is 16.3 Å². The average molecular weight is 291 g/mol. The summed E-state index contributed by atoms with van der Waals surface area (Å²) >= 11 is 6.28. The first-order chi connectivity index (χ1) is 9.76. The van der Waals surface area contributed by atoms with E-state index in [1.165, 1.54) is 0 Å². The highest BCUT2D eigenvalue weighted by atomic mass is 35.5. The predicted molar refractivity (Wildman–Crippen MR) is 82.4 cm³/mol. The number of nitrogens with zero attached hydrogens (tertiary/aromatic N) is 1. The van der Waals surface area contributed by atoms with Gasteiger partial charge in [0.25, 0.3) is 0 Å². The number of aromatic nitrogens is 1. The normalized spacial score (nSPS) is 12.2. The Labute approximate surface area is 124 Å². The van der Waals surface area contributed by atoms with E-state index >= 15 is 0 Å². The fourth-order valence-electron chi connectivity index (χ4n) is 2.11. The summed E-state index contributed by atoms with van der Waals surface area (Å²) in [6, 6.07) is 10.1. The first kappa shape index (κ1) is 14.8. The summed E-state index contributed by atoms with van der Waals surface area (Å²) in [7, 11) is 1.67. The maximum atomic E-state index is 6.28. The lowest BCUT2D eigenvalue weighted by Gasteiger charge is -2.20. The van der Waals surface area contributed by atoms with E-state index in [1.807, 2.05) is 18.2 Å². The second-order valence-corrected chi connectivity index (χ2v) is 4.96. The van der Waals surface area contributed by atoms with Gasteiger partial charge >= 0.3 is 0 Å². The fraction of sp³-hybridized carbons (Fsp3) is 0.312. The number of hydrogen-bond donors (Lipinski definition) is 1. The van der Waals surface area contributed by atoms with Crippen molar-refractivity contribution in [3.8, 4) is 5.75 Å². The molecule has 0 aliphatic rings. The zero-order valence-corrected chi connectivity index (χ0v) is 12.5. The molecule has 3 nitrogen and oxygen atoms in total. The minimum Gasteiger partial charge on any atom is -0.497 e. The molecule has 2 aromatic rings. The number of rotatable bonds is 6. The van der Waals surface area contributed by atoms with Crippen molar-refractivity contribution in [3.05, 3.63) is 58.9 Å². The summed E-state index contributed by atoms with van der Waals surface area (Å²) in [5.74, 6) is 0.851. The molecule has 1 unspecified atom stereocenters. The molecular formula is C16H19ClN2O. The van der Waals surface area contributed by atoms with E-state index in [-0.39, 0.29) is 6.04 Å². The third-order valence-corrected chi connectivity index (χ3v) is 3.48. The third-order valence-electron chi connectivity index (χ3n) is 3.16. The molecule has 0 aliphatic heterocycles. The van der Waals surface area contributed by atoms with E-state index in [0.29, 0.717) is 5.02 Å². The highest BCUT2D eigenvalue weighted by Gasteiger charge is 2.16. The largest absolute Gasteiger partial charge is 0.497 e. The van der Waals surface area contributed by atoms with Gasteiger partial charge in [-0.1, -0.05) is 30.7 Å². The van der Waals surface area contributed by atoms with Crippen molar-refractivity contribution in [2.24, 2.45) is 0 Å². The van der Waals surface area contributed by atoms with Crippen molar-refractivity contribution in [2.75, 3.05) is 13.7 Å². The van der Waals surface area contributed by atoms with Crippen LogP contribution >= 0.6 is 11.6 Å². The van der Waals surface area contributed by atoms with Crippen LogP contribution in [0.25, 0.3) is 0 Å². The van der Waals surface area contributed by atoms with Crippen LogP contribution in [-0.2, 0) is 0 Å². The molecule has 4 heteroatoms. The van der Waals surface area contributed by atoms with Crippen LogP contribution in [0.15, 0.2) is 42.7 Å². The van der Waals surface area contributed by atoms with Crippen LogP contribution in [0.3, 0.4) is 0 Å². The van der Waals surface area contributed by atoms with Gasteiger partial charge in [0.15, 0.2) is 0 Å². The lowest BCUT2D eigenvalue weighted by molar-refractivity contribution is 0.414. The Morgan fingerprint density at radius 1 is 1.25 bits per heavy atom. The quantitative estimate of drug-likeness (QED) is 0.878. The molecule has 0 saturated heterocycles. The third kappa shape index (κ3) is 3.50. The maximum Gasteiger partial charge on any atom is 0.118 e. The monoisotopic (exact) mass is 290 g/mol. The van der Waals surface area contributed by atoms with Crippen molar-refractivity contribution in [3.63, 3.8) is 0 Å². The number of methoxy groups -OCH3 is 1.